The number of rotatable bonds is 3. The van der Waals surface area contributed by atoms with Crippen molar-refractivity contribution in [2.45, 2.75) is 33.6 Å². The van der Waals surface area contributed by atoms with Gasteiger partial charge in [-0.05, 0) is 25.3 Å². The zero-order chi connectivity index (χ0) is 15.0. The lowest BCUT2D eigenvalue weighted by Gasteiger charge is -2.08. The smallest absolute Gasteiger partial charge is 0.350 e. The summed E-state index contributed by atoms with van der Waals surface area (Å²) in [6.45, 7) is 8.11. The molecule has 0 aliphatic carbocycles. The molecule has 0 aliphatic rings. The number of nitrogen functional groups attached to an aromatic ring is 1. The normalized spacial score (nSPS) is 11.1. The van der Waals surface area contributed by atoms with Gasteiger partial charge in [-0.25, -0.2) is 9.78 Å². The molecule has 108 valence electrons. The predicted octanol–water partition coefficient (Wildman–Crippen LogP) is 3.98. The number of nitrogens with two attached hydrogens (primary N) is 1. The monoisotopic (exact) mass is 310 g/mol. The maximum absolute atomic E-state index is 11.8. The number of hydrogen-bond donors (Lipinski definition) is 1. The summed E-state index contributed by atoms with van der Waals surface area (Å²) in [7, 11) is 1.37. The minimum Gasteiger partial charge on any atom is -0.465 e. The molecule has 2 aromatic rings. The summed E-state index contributed by atoms with van der Waals surface area (Å²) in [6.07, 6.45) is 0. The highest BCUT2D eigenvalue weighted by atomic mass is 32.1. The molecule has 6 heteroatoms. The Balaban J connectivity index is 2.69. The highest BCUT2D eigenvalue weighted by Gasteiger charge is 2.25. The van der Waals surface area contributed by atoms with Gasteiger partial charge >= 0.3 is 5.97 Å². The lowest BCUT2D eigenvalue weighted by molar-refractivity contribution is 0.0607. The minimum absolute atomic E-state index is 0.237. The minimum atomic E-state index is -0.375. The van der Waals surface area contributed by atoms with Crippen LogP contribution in [0.3, 0.4) is 0 Å². The number of thiazole rings is 1. The van der Waals surface area contributed by atoms with Crippen LogP contribution in [0.2, 0.25) is 0 Å². The number of nitrogens with zero attached hydrogens (tertiary/aromatic N) is 1. The van der Waals surface area contributed by atoms with E-state index in [4.69, 9.17) is 10.5 Å². The SMILES string of the molecule is COC(=O)c1sc(-c2sc(C)nc2C)c(C(C)C)c1N. The third-order valence-electron chi connectivity index (χ3n) is 3.04. The maximum atomic E-state index is 11.8. The molecule has 2 rings (SSSR count). The molecular weight excluding hydrogens is 292 g/mol. The number of methoxy groups -OCH3 is 1. The number of anilines is 1. The van der Waals surface area contributed by atoms with Crippen molar-refractivity contribution in [3.8, 4) is 9.75 Å². The van der Waals surface area contributed by atoms with E-state index in [9.17, 15) is 4.79 Å². The zero-order valence-corrected chi connectivity index (χ0v) is 13.9. The average Bonchev–Trinajstić information content (AvgIpc) is 2.88. The fourth-order valence-electron chi connectivity index (χ4n) is 2.18. The molecule has 0 aliphatic heterocycles. The van der Waals surface area contributed by atoms with E-state index in [1.54, 1.807) is 11.3 Å². The van der Waals surface area contributed by atoms with Gasteiger partial charge in [0.05, 0.1) is 33.3 Å². The second-order valence-corrected chi connectivity index (χ2v) is 7.11. The largest absolute Gasteiger partial charge is 0.465 e. The van der Waals surface area contributed by atoms with E-state index in [1.165, 1.54) is 18.4 Å². The Kier molecular flexibility index (Phi) is 4.15. The van der Waals surface area contributed by atoms with Gasteiger partial charge in [0.25, 0.3) is 0 Å². The van der Waals surface area contributed by atoms with Crippen LogP contribution in [0, 0.1) is 13.8 Å². The van der Waals surface area contributed by atoms with Crippen molar-refractivity contribution in [2.75, 3.05) is 12.8 Å². The van der Waals surface area contributed by atoms with Gasteiger partial charge in [-0.2, -0.15) is 0 Å². The van der Waals surface area contributed by atoms with Crippen LogP contribution in [0.1, 0.15) is 45.7 Å². The summed E-state index contributed by atoms with van der Waals surface area (Å²) < 4.78 is 4.82. The number of carbonyl (C=O) groups excluding carboxylic acids is 1. The highest BCUT2D eigenvalue weighted by Crippen LogP contribution is 2.45. The van der Waals surface area contributed by atoms with Crippen LogP contribution in [0.15, 0.2) is 0 Å². The zero-order valence-electron chi connectivity index (χ0n) is 12.2. The van der Waals surface area contributed by atoms with Gasteiger partial charge in [-0.15, -0.1) is 22.7 Å². The molecule has 0 fully saturated rings. The Bertz CT molecular complexity index is 656. The van der Waals surface area contributed by atoms with Gasteiger partial charge in [0.2, 0.25) is 0 Å². The first kappa shape index (κ1) is 15.0. The first-order chi connectivity index (χ1) is 9.36. The summed E-state index contributed by atoms with van der Waals surface area (Å²) >= 11 is 3.03. The standard InChI is InChI=1S/C14H18N2O2S2/c1-6(2)9-10(15)13(14(17)18-5)20-12(9)11-7(3)16-8(4)19-11/h6H,15H2,1-5H3. The topological polar surface area (TPSA) is 65.2 Å². The molecule has 2 N–H and O–H groups in total. The quantitative estimate of drug-likeness (QED) is 0.871. The van der Waals surface area contributed by atoms with Gasteiger partial charge in [0, 0.05) is 0 Å². The van der Waals surface area contributed by atoms with Gasteiger partial charge in [0.15, 0.2) is 0 Å². The Morgan fingerprint density at radius 3 is 2.35 bits per heavy atom. The number of aromatic nitrogens is 1. The molecule has 20 heavy (non-hydrogen) atoms. The summed E-state index contributed by atoms with van der Waals surface area (Å²) in [5.74, 6) is -0.138. The van der Waals surface area contributed by atoms with Crippen molar-refractivity contribution < 1.29 is 9.53 Å². The summed E-state index contributed by atoms with van der Waals surface area (Å²) in [6, 6.07) is 0. The fourth-order valence-corrected chi connectivity index (χ4v) is 4.60. The van der Waals surface area contributed by atoms with E-state index in [1.807, 2.05) is 13.8 Å². The van der Waals surface area contributed by atoms with Gasteiger partial charge < -0.3 is 10.5 Å². The lowest BCUT2D eigenvalue weighted by atomic mass is 10.0. The van der Waals surface area contributed by atoms with Crippen molar-refractivity contribution in [2.24, 2.45) is 0 Å². The van der Waals surface area contributed by atoms with Gasteiger partial charge in [0.1, 0.15) is 4.88 Å². The molecule has 0 aromatic carbocycles. The van der Waals surface area contributed by atoms with Crippen molar-refractivity contribution in [1.29, 1.82) is 0 Å². The number of carbonyl (C=O) groups is 1. The van der Waals surface area contributed by atoms with Crippen LogP contribution in [0.25, 0.3) is 9.75 Å². The Hall–Kier alpha value is -1.40. The molecular formula is C14H18N2O2S2. The third kappa shape index (κ3) is 2.45. The first-order valence-electron chi connectivity index (χ1n) is 6.31. The molecule has 0 saturated carbocycles. The summed E-state index contributed by atoms with van der Waals surface area (Å²) in [4.78, 5) is 18.9. The number of ether oxygens (including phenoxy) is 1. The van der Waals surface area contributed by atoms with Crippen molar-refractivity contribution >= 4 is 34.3 Å². The highest BCUT2D eigenvalue weighted by molar-refractivity contribution is 7.23. The number of aryl methyl sites for hydroxylation is 2. The molecule has 0 atom stereocenters. The van der Waals surface area contributed by atoms with E-state index in [0.717, 1.165) is 26.0 Å². The molecule has 0 unspecified atom stereocenters. The Labute approximate surface area is 126 Å². The molecule has 2 heterocycles. The van der Waals surface area contributed by atoms with Crippen LogP contribution in [-0.4, -0.2) is 18.1 Å². The Morgan fingerprint density at radius 2 is 1.90 bits per heavy atom. The van der Waals surface area contributed by atoms with Crippen molar-refractivity contribution in [3.63, 3.8) is 0 Å². The average molecular weight is 310 g/mol. The van der Waals surface area contributed by atoms with Crippen molar-refractivity contribution in [1.82, 2.24) is 4.98 Å². The first-order valence-corrected chi connectivity index (χ1v) is 7.95. The van der Waals surface area contributed by atoms with E-state index < -0.39 is 0 Å². The van der Waals surface area contributed by atoms with Gasteiger partial charge in [-0.1, -0.05) is 13.8 Å². The van der Waals surface area contributed by atoms with E-state index in [-0.39, 0.29) is 11.9 Å². The second kappa shape index (κ2) is 5.54. The maximum Gasteiger partial charge on any atom is 0.350 e. The van der Waals surface area contributed by atoms with Crippen LogP contribution in [-0.2, 0) is 4.74 Å². The second-order valence-electron chi connectivity index (χ2n) is 4.88. The lowest BCUT2D eigenvalue weighted by Crippen LogP contribution is -2.03. The molecule has 0 spiro atoms. The molecule has 0 amide bonds. The molecule has 0 bridgehead atoms. The predicted molar refractivity (Wildman–Crippen MR) is 84.7 cm³/mol. The number of esters is 1. The summed E-state index contributed by atoms with van der Waals surface area (Å²) in [5, 5.41) is 1.01. The van der Waals surface area contributed by atoms with Crippen molar-refractivity contribution in [3.05, 3.63) is 21.1 Å². The van der Waals surface area contributed by atoms with Crippen LogP contribution < -0.4 is 5.73 Å². The fraction of sp³-hybridized carbons (Fsp3) is 0.429. The Morgan fingerprint density at radius 1 is 1.25 bits per heavy atom. The summed E-state index contributed by atoms with van der Waals surface area (Å²) in [5.41, 5.74) is 8.70. The van der Waals surface area contributed by atoms with Crippen LogP contribution in [0.4, 0.5) is 5.69 Å². The molecule has 0 radical (unpaired) electrons. The third-order valence-corrected chi connectivity index (χ3v) is 5.48. The van der Waals surface area contributed by atoms with Crippen LogP contribution >= 0.6 is 22.7 Å². The van der Waals surface area contributed by atoms with Crippen LogP contribution in [0.5, 0.6) is 0 Å². The van der Waals surface area contributed by atoms with E-state index in [0.29, 0.717) is 10.6 Å². The molecule has 2 aromatic heterocycles. The van der Waals surface area contributed by atoms with E-state index in [2.05, 4.69) is 18.8 Å². The number of hydrogen-bond acceptors (Lipinski definition) is 6. The van der Waals surface area contributed by atoms with Gasteiger partial charge in [-0.3, -0.25) is 0 Å². The number of thiophene rings is 1. The molecule has 4 nitrogen and oxygen atoms in total. The van der Waals surface area contributed by atoms with E-state index >= 15 is 0 Å². The molecule has 0 saturated heterocycles.